The second-order valence-electron chi connectivity index (χ2n) is 5.56. The Morgan fingerprint density at radius 2 is 1.76 bits per heavy atom. The monoisotopic (exact) mass is 355 g/mol. The topological polar surface area (TPSA) is 75.6 Å². The number of dihydropyridines is 1. The van der Waals surface area contributed by atoms with E-state index >= 15 is 0 Å². The molecule has 1 aliphatic rings. The van der Waals surface area contributed by atoms with Crippen LogP contribution in [0.3, 0.4) is 0 Å². The van der Waals surface area contributed by atoms with Gasteiger partial charge in [0, 0.05) is 11.4 Å². The van der Waals surface area contributed by atoms with Gasteiger partial charge >= 0.3 is 18.1 Å². The molecule has 5 nitrogen and oxygen atoms in total. The van der Waals surface area contributed by atoms with Crippen molar-refractivity contribution in [2.24, 2.45) is 0 Å². The van der Waals surface area contributed by atoms with E-state index in [-0.39, 0.29) is 22.4 Å². The molecule has 0 saturated carbocycles. The van der Waals surface area contributed by atoms with Crippen molar-refractivity contribution in [1.29, 1.82) is 0 Å². The van der Waals surface area contributed by atoms with Crippen LogP contribution in [0.2, 0.25) is 0 Å². The minimum Gasteiger partial charge on any atom is -0.478 e. The lowest BCUT2D eigenvalue weighted by molar-refractivity contribution is -0.138. The summed E-state index contributed by atoms with van der Waals surface area (Å²) in [5, 5.41) is 12.3. The predicted octanol–water partition coefficient (Wildman–Crippen LogP) is 3.20. The molecule has 1 aromatic rings. The first-order valence-corrected chi connectivity index (χ1v) is 7.25. The molecule has 0 fully saturated rings. The SMILES string of the molecule is COC(=O)C1=C(C)NC(C)=C(C(=O)O)C1c1cccc(C(F)(F)F)c1. The molecule has 0 amide bonds. The fraction of sp³-hybridized carbons (Fsp3) is 0.294. The first-order chi connectivity index (χ1) is 11.6. The van der Waals surface area contributed by atoms with E-state index < -0.39 is 29.6 Å². The smallest absolute Gasteiger partial charge is 0.416 e. The van der Waals surface area contributed by atoms with E-state index in [1.165, 1.54) is 26.0 Å². The Morgan fingerprint density at radius 1 is 1.16 bits per heavy atom. The highest BCUT2D eigenvalue weighted by molar-refractivity contribution is 5.99. The maximum absolute atomic E-state index is 13.0. The minimum absolute atomic E-state index is 0.0372. The number of halogens is 3. The zero-order chi connectivity index (χ0) is 18.9. The Kier molecular flexibility index (Phi) is 4.92. The lowest BCUT2D eigenvalue weighted by Crippen LogP contribution is -2.31. The predicted molar refractivity (Wildman–Crippen MR) is 82.4 cm³/mol. The molecule has 2 N–H and O–H groups in total. The van der Waals surface area contributed by atoms with Gasteiger partial charge in [-0.15, -0.1) is 0 Å². The highest BCUT2D eigenvalue weighted by atomic mass is 19.4. The maximum atomic E-state index is 13.0. The zero-order valence-electron chi connectivity index (χ0n) is 13.7. The second-order valence-corrected chi connectivity index (χ2v) is 5.56. The van der Waals surface area contributed by atoms with Crippen LogP contribution in [0.1, 0.15) is 30.9 Å². The van der Waals surface area contributed by atoms with Gasteiger partial charge in [0.05, 0.1) is 29.7 Å². The number of carbonyl (C=O) groups excluding carboxylic acids is 1. The lowest BCUT2D eigenvalue weighted by atomic mass is 9.80. The molecule has 1 heterocycles. The summed E-state index contributed by atoms with van der Waals surface area (Å²) >= 11 is 0. The first-order valence-electron chi connectivity index (χ1n) is 7.25. The van der Waals surface area contributed by atoms with E-state index in [9.17, 15) is 27.9 Å². The van der Waals surface area contributed by atoms with Gasteiger partial charge < -0.3 is 15.2 Å². The first kappa shape index (κ1) is 18.6. The van der Waals surface area contributed by atoms with Crippen molar-refractivity contribution >= 4 is 11.9 Å². The molecule has 0 bridgehead atoms. The molecule has 25 heavy (non-hydrogen) atoms. The Bertz CT molecular complexity index is 793. The molecule has 1 atom stereocenters. The molecule has 0 aliphatic carbocycles. The van der Waals surface area contributed by atoms with Gasteiger partial charge in [0.25, 0.3) is 0 Å². The van der Waals surface area contributed by atoms with Crippen LogP contribution in [0.15, 0.2) is 46.8 Å². The number of nitrogens with one attached hydrogen (secondary N) is 1. The summed E-state index contributed by atoms with van der Waals surface area (Å²) in [5.74, 6) is -3.31. The van der Waals surface area contributed by atoms with Crippen LogP contribution in [0.25, 0.3) is 0 Å². The average Bonchev–Trinajstić information content (AvgIpc) is 2.52. The number of carbonyl (C=O) groups is 2. The Hall–Kier alpha value is -2.77. The van der Waals surface area contributed by atoms with E-state index in [1.54, 1.807) is 0 Å². The van der Waals surface area contributed by atoms with Crippen LogP contribution in [0.5, 0.6) is 0 Å². The van der Waals surface area contributed by atoms with Gasteiger partial charge in [-0.2, -0.15) is 13.2 Å². The number of benzene rings is 1. The number of methoxy groups -OCH3 is 1. The number of alkyl halides is 3. The van der Waals surface area contributed by atoms with E-state index in [4.69, 9.17) is 4.74 Å². The van der Waals surface area contributed by atoms with Gasteiger partial charge in [-0.3, -0.25) is 0 Å². The van der Waals surface area contributed by atoms with Crippen molar-refractivity contribution in [2.45, 2.75) is 25.9 Å². The van der Waals surface area contributed by atoms with Crippen molar-refractivity contribution in [1.82, 2.24) is 5.32 Å². The van der Waals surface area contributed by atoms with Crippen LogP contribution >= 0.6 is 0 Å². The van der Waals surface area contributed by atoms with Crippen molar-refractivity contribution in [3.05, 3.63) is 57.9 Å². The molecule has 1 aliphatic heterocycles. The summed E-state index contributed by atoms with van der Waals surface area (Å²) < 4.78 is 43.8. The molecule has 0 saturated heterocycles. The highest BCUT2D eigenvalue weighted by Gasteiger charge is 2.38. The highest BCUT2D eigenvalue weighted by Crippen LogP contribution is 2.40. The van der Waals surface area contributed by atoms with Crippen LogP contribution in [0.4, 0.5) is 13.2 Å². The molecular weight excluding hydrogens is 339 g/mol. The average molecular weight is 355 g/mol. The van der Waals surface area contributed by atoms with Gasteiger partial charge in [-0.1, -0.05) is 18.2 Å². The number of carboxylic acid groups (broad SMARTS) is 1. The van der Waals surface area contributed by atoms with Gasteiger partial charge in [-0.05, 0) is 25.5 Å². The van der Waals surface area contributed by atoms with E-state index in [0.717, 1.165) is 19.2 Å². The number of hydrogen-bond donors (Lipinski definition) is 2. The van der Waals surface area contributed by atoms with Crippen LogP contribution < -0.4 is 5.32 Å². The summed E-state index contributed by atoms with van der Waals surface area (Å²) in [6.07, 6.45) is -4.59. The normalized spacial score (nSPS) is 18.1. The van der Waals surface area contributed by atoms with Crippen LogP contribution in [-0.4, -0.2) is 24.2 Å². The largest absolute Gasteiger partial charge is 0.478 e. The van der Waals surface area contributed by atoms with Crippen molar-refractivity contribution in [3.8, 4) is 0 Å². The summed E-state index contributed by atoms with van der Waals surface area (Å²) in [6.45, 7) is 3.02. The number of rotatable bonds is 3. The fourth-order valence-electron chi connectivity index (χ4n) is 2.89. The standard InChI is InChI=1S/C17H16F3NO4/c1-8-12(15(22)23)14(13(9(2)21-8)16(24)25-3)10-5-4-6-11(7-10)17(18,19)20/h4-7,14,21H,1-3H3,(H,22,23). The maximum Gasteiger partial charge on any atom is 0.416 e. The number of allylic oxidation sites excluding steroid dienone is 2. The quantitative estimate of drug-likeness (QED) is 0.815. The van der Waals surface area contributed by atoms with Gasteiger partial charge in [0.1, 0.15) is 0 Å². The Morgan fingerprint density at radius 3 is 2.28 bits per heavy atom. The molecule has 2 rings (SSSR count). The molecule has 0 radical (unpaired) electrons. The molecule has 0 aromatic heterocycles. The molecule has 0 spiro atoms. The third kappa shape index (κ3) is 3.52. The number of hydrogen-bond acceptors (Lipinski definition) is 4. The summed E-state index contributed by atoms with van der Waals surface area (Å²) in [6, 6.07) is 4.27. The summed E-state index contributed by atoms with van der Waals surface area (Å²) in [7, 11) is 1.12. The third-order valence-corrected chi connectivity index (χ3v) is 3.94. The Labute approximate surface area is 141 Å². The third-order valence-electron chi connectivity index (χ3n) is 3.94. The molecule has 1 aromatic carbocycles. The number of esters is 1. The van der Waals surface area contributed by atoms with Crippen LogP contribution in [-0.2, 0) is 20.5 Å². The Balaban J connectivity index is 2.72. The zero-order valence-corrected chi connectivity index (χ0v) is 13.7. The van der Waals surface area contributed by atoms with E-state index in [0.29, 0.717) is 5.70 Å². The van der Waals surface area contributed by atoms with Crippen LogP contribution in [0, 0.1) is 0 Å². The molecule has 1 unspecified atom stereocenters. The van der Waals surface area contributed by atoms with Gasteiger partial charge in [-0.25, -0.2) is 9.59 Å². The van der Waals surface area contributed by atoms with E-state index in [1.807, 2.05) is 0 Å². The molecule has 134 valence electrons. The van der Waals surface area contributed by atoms with Crippen molar-refractivity contribution in [3.63, 3.8) is 0 Å². The summed E-state index contributed by atoms with van der Waals surface area (Å²) in [4.78, 5) is 23.9. The van der Waals surface area contributed by atoms with E-state index in [2.05, 4.69) is 5.32 Å². The van der Waals surface area contributed by atoms with Gasteiger partial charge in [0.2, 0.25) is 0 Å². The lowest BCUT2D eigenvalue weighted by Gasteiger charge is -2.29. The van der Waals surface area contributed by atoms with Crippen molar-refractivity contribution in [2.75, 3.05) is 7.11 Å². The number of ether oxygens (including phenoxy) is 1. The molecule has 8 heteroatoms. The fourth-order valence-corrected chi connectivity index (χ4v) is 2.89. The minimum atomic E-state index is -4.59. The second kappa shape index (κ2) is 6.62. The molecular formula is C17H16F3NO4. The number of aliphatic carboxylic acids is 1. The van der Waals surface area contributed by atoms with Crippen molar-refractivity contribution < 1.29 is 32.6 Å². The summed E-state index contributed by atoms with van der Waals surface area (Å²) in [5.41, 5.74) is -0.535. The number of carboxylic acids is 1. The van der Waals surface area contributed by atoms with Gasteiger partial charge in [0.15, 0.2) is 0 Å².